The van der Waals surface area contributed by atoms with Crippen LogP contribution in [0.4, 0.5) is 5.69 Å². The van der Waals surface area contributed by atoms with Crippen LogP contribution in [0.15, 0.2) is 48.5 Å². The number of benzene rings is 2. The summed E-state index contributed by atoms with van der Waals surface area (Å²) in [5, 5.41) is 2.82. The second-order valence-corrected chi connectivity index (χ2v) is 9.19. The topological polar surface area (TPSA) is 87.3 Å². The van der Waals surface area contributed by atoms with Crippen LogP contribution < -0.4 is 16.2 Å². The van der Waals surface area contributed by atoms with E-state index in [0.29, 0.717) is 23.2 Å². The summed E-state index contributed by atoms with van der Waals surface area (Å²) in [5.74, 6) is -0.786. The summed E-state index contributed by atoms with van der Waals surface area (Å²) in [6.45, 7) is 4.17. The van der Waals surface area contributed by atoms with Crippen LogP contribution in [-0.4, -0.2) is 17.7 Å². The van der Waals surface area contributed by atoms with Crippen LogP contribution in [0.1, 0.15) is 110 Å². The Kier molecular flexibility index (Phi) is 13.2. The Balaban J connectivity index is 1.57. The number of nitrogens with one attached hydrogen (secondary N) is 3. The quantitative estimate of drug-likeness (QED) is 0.196. The average molecular weight is 480 g/mol. The van der Waals surface area contributed by atoms with Crippen molar-refractivity contribution in [2.75, 3.05) is 5.32 Å². The first-order valence-corrected chi connectivity index (χ1v) is 13.1. The zero-order valence-corrected chi connectivity index (χ0v) is 21.3. The average Bonchev–Trinajstić information content (AvgIpc) is 2.86. The first-order chi connectivity index (χ1) is 17.0. The first kappa shape index (κ1) is 28.1. The second-order valence-electron chi connectivity index (χ2n) is 9.19. The van der Waals surface area contributed by atoms with Crippen LogP contribution in [0.2, 0.25) is 0 Å². The number of rotatable bonds is 15. The molecule has 0 saturated carbocycles. The van der Waals surface area contributed by atoms with Crippen LogP contribution in [0, 0.1) is 6.92 Å². The van der Waals surface area contributed by atoms with Gasteiger partial charge in [0.25, 0.3) is 11.8 Å². The summed E-state index contributed by atoms with van der Waals surface area (Å²) in [7, 11) is 0. The normalized spacial score (nSPS) is 10.6. The van der Waals surface area contributed by atoms with Crippen molar-refractivity contribution in [2.45, 2.75) is 90.9 Å². The van der Waals surface area contributed by atoms with Crippen molar-refractivity contribution >= 4 is 23.4 Å². The summed E-state index contributed by atoms with van der Waals surface area (Å²) in [6.07, 6.45) is 13.9. The first-order valence-electron chi connectivity index (χ1n) is 13.1. The van der Waals surface area contributed by atoms with E-state index >= 15 is 0 Å². The zero-order chi connectivity index (χ0) is 25.3. The van der Waals surface area contributed by atoms with Crippen molar-refractivity contribution < 1.29 is 14.4 Å². The van der Waals surface area contributed by atoms with E-state index in [-0.39, 0.29) is 11.8 Å². The third-order valence-electron chi connectivity index (χ3n) is 6.01. The SMILES string of the molecule is CCCCCCCCCCCCCC(=O)NNC(=O)c1ccc(NC(=O)c2cccc(C)c2)cc1. The van der Waals surface area contributed by atoms with Crippen LogP contribution in [-0.2, 0) is 4.79 Å². The van der Waals surface area contributed by atoms with Crippen molar-refractivity contribution in [2.24, 2.45) is 0 Å². The number of unbranched alkanes of at least 4 members (excludes halogenated alkanes) is 10. The third kappa shape index (κ3) is 11.7. The fourth-order valence-corrected chi connectivity index (χ4v) is 3.91. The number of carbonyl (C=O) groups is 3. The number of amides is 3. The molecule has 35 heavy (non-hydrogen) atoms. The molecule has 0 aliphatic rings. The molecule has 0 radical (unpaired) electrons. The van der Waals surface area contributed by atoms with Crippen LogP contribution in [0.3, 0.4) is 0 Å². The van der Waals surface area contributed by atoms with Crippen LogP contribution in [0.25, 0.3) is 0 Å². The van der Waals surface area contributed by atoms with Gasteiger partial charge in [-0.1, -0.05) is 88.8 Å². The third-order valence-corrected chi connectivity index (χ3v) is 6.01. The Labute approximate surface area is 210 Å². The molecule has 0 spiro atoms. The van der Waals surface area contributed by atoms with E-state index in [1.807, 2.05) is 25.1 Å². The highest BCUT2D eigenvalue weighted by molar-refractivity contribution is 6.04. The maximum absolute atomic E-state index is 12.3. The van der Waals surface area contributed by atoms with Crippen molar-refractivity contribution in [3.05, 3.63) is 65.2 Å². The Morgan fingerprint density at radius 2 is 1.26 bits per heavy atom. The van der Waals surface area contributed by atoms with Gasteiger partial charge in [-0.05, 0) is 49.7 Å². The van der Waals surface area contributed by atoms with Gasteiger partial charge in [-0.15, -0.1) is 0 Å². The van der Waals surface area contributed by atoms with E-state index < -0.39 is 5.91 Å². The zero-order valence-electron chi connectivity index (χ0n) is 21.3. The smallest absolute Gasteiger partial charge is 0.269 e. The van der Waals surface area contributed by atoms with E-state index in [1.165, 1.54) is 51.4 Å². The molecule has 0 heterocycles. The molecule has 3 N–H and O–H groups in total. The van der Waals surface area contributed by atoms with Crippen LogP contribution in [0.5, 0.6) is 0 Å². The van der Waals surface area contributed by atoms with Gasteiger partial charge in [-0.3, -0.25) is 25.2 Å². The minimum atomic E-state index is -0.395. The summed E-state index contributed by atoms with van der Waals surface area (Å²) >= 11 is 0. The highest BCUT2D eigenvalue weighted by atomic mass is 16.2. The van der Waals surface area contributed by atoms with Gasteiger partial charge < -0.3 is 5.32 Å². The van der Waals surface area contributed by atoms with Crippen LogP contribution >= 0.6 is 0 Å². The lowest BCUT2D eigenvalue weighted by Gasteiger charge is -2.09. The maximum atomic E-state index is 12.3. The molecule has 0 saturated heterocycles. The van der Waals surface area contributed by atoms with Gasteiger partial charge in [-0.2, -0.15) is 0 Å². The Morgan fingerprint density at radius 1 is 0.657 bits per heavy atom. The number of hydrogen-bond acceptors (Lipinski definition) is 3. The number of anilines is 1. The largest absolute Gasteiger partial charge is 0.322 e. The number of carbonyl (C=O) groups excluding carboxylic acids is 3. The van der Waals surface area contributed by atoms with Crippen molar-refractivity contribution in [1.29, 1.82) is 0 Å². The molecular weight excluding hydrogens is 438 g/mol. The minimum Gasteiger partial charge on any atom is -0.322 e. The Bertz CT molecular complexity index is 925. The maximum Gasteiger partial charge on any atom is 0.269 e. The second kappa shape index (κ2) is 16.5. The minimum absolute atomic E-state index is 0.184. The molecular formula is C29H41N3O3. The molecule has 2 rings (SSSR count). The van der Waals surface area contributed by atoms with E-state index in [1.54, 1.807) is 30.3 Å². The van der Waals surface area contributed by atoms with Gasteiger partial charge in [0.05, 0.1) is 0 Å². The molecule has 0 aliphatic heterocycles. The summed E-state index contributed by atoms with van der Waals surface area (Å²) in [6, 6.07) is 13.9. The molecule has 0 unspecified atom stereocenters. The molecule has 0 bridgehead atoms. The predicted octanol–water partition coefficient (Wildman–Crippen LogP) is 6.71. The van der Waals surface area contributed by atoms with E-state index in [2.05, 4.69) is 23.1 Å². The summed E-state index contributed by atoms with van der Waals surface area (Å²) in [4.78, 5) is 36.6. The predicted molar refractivity (Wildman–Crippen MR) is 142 cm³/mol. The number of hydrogen-bond donors (Lipinski definition) is 3. The van der Waals surface area contributed by atoms with E-state index in [9.17, 15) is 14.4 Å². The molecule has 6 nitrogen and oxygen atoms in total. The Hall–Kier alpha value is -3.15. The van der Waals surface area contributed by atoms with E-state index in [0.717, 1.165) is 24.8 Å². The van der Waals surface area contributed by atoms with Gasteiger partial charge in [0, 0.05) is 23.2 Å². The molecule has 0 fully saturated rings. The standard InChI is InChI=1S/C29H41N3O3/c1-3-4-5-6-7-8-9-10-11-12-13-17-27(33)31-32-29(35)24-18-20-26(21-19-24)30-28(34)25-16-14-15-23(2)22-25/h14-16,18-22H,3-13,17H2,1-2H3,(H,30,34)(H,31,33)(H,32,35). The lowest BCUT2D eigenvalue weighted by atomic mass is 10.1. The van der Waals surface area contributed by atoms with E-state index in [4.69, 9.17) is 0 Å². The molecule has 0 aliphatic carbocycles. The van der Waals surface area contributed by atoms with Crippen molar-refractivity contribution in [3.63, 3.8) is 0 Å². The van der Waals surface area contributed by atoms with Gasteiger partial charge in [0.15, 0.2) is 0 Å². The molecule has 2 aromatic rings. The lowest BCUT2D eigenvalue weighted by Crippen LogP contribution is -2.41. The number of aryl methyl sites for hydroxylation is 1. The fourth-order valence-electron chi connectivity index (χ4n) is 3.91. The van der Waals surface area contributed by atoms with Crippen molar-refractivity contribution in [1.82, 2.24) is 10.9 Å². The van der Waals surface area contributed by atoms with Gasteiger partial charge in [-0.25, -0.2) is 0 Å². The lowest BCUT2D eigenvalue weighted by molar-refractivity contribution is -0.122. The summed E-state index contributed by atoms with van der Waals surface area (Å²) < 4.78 is 0. The summed E-state index contributed by atoms with van der Waals surface area (Å²) in [5.41, 5.74) is 7.51. The van der Waals surface area contributed by atoms with Gasteiger partial charge >= 0.3 is 0 Å². The number of hydrazine groups is 1. The highest BCUT2D eigenvalue weighted by Gasteiger charge is 2.09. The molecule has 0 aromatic heterocycles. The molecule has 3 amide bonds. The fraction of sp³-hybridized carbons (Fsp3) is 0.483. The monoisotopic (exact) mass is 479 g/mol. The van der Waals surface area contributed by atoms with Gasteiger partial charge in [0.2, 0.25) is 5.91 Å². The molecule has 190 valence electrons. The Morgan fingerprint density at radius 3 is 1.86 bits per heavy atom. The van der Waals surface area contributed by atoms with Crippen molar-refractivity contribution in [3.8, 4) is 0 Å². The molecule has 0 atom stereocenters. The van der Waals surface area contributed by atoms with Gasteiger partial charge in [0.1, 0.15) is 0 Å². The highest BCUT2D eigenvalue weighted by Crippen LogP contribution is 2.13. The molecule has 6 heteroatoms. The molecule has 2 aromatic carbocycles.